The lowest BCUT2D eigenvalue weighted by Gasteiger charge is -2.11. The Bertz CT molecular complexity index is 265. The second kappa shape index (κ2) is 10.1. The van der Waals surface area contributed by atoms with Gasteiger partial charge in [0.25, 0.3) is 0 Å². The number of rotatable bonds is 7. The second-order valence-corrected chi connectivity index (χ2v) is 5.57. The Morgan fingerprint density at radius 3 is 2.00 bits per heavy atom. The predicted molar refractivity (Wildman–Crippen MR) is 60.0 cm³/mol. The molecular formula is C6H19NO8P2. The second-order valence-electron chi connectivity index (χ2n) is 2.74. The smallest absolute Gasteiger partial charge is 0.395 e. The number of hydrogen-bond acceptors (Lipinski definition) is 6. The maximum Gasteiger partial charge on any atom is 0.481 e. The van der Waals surface area contributed by atoms with Crippen molar-refractivity contribution in [1.82, 2.24) is 0 Å². The Labute approximate surface area is 99.4 Å². The molecule has 0 aromatic heterocycles. The third-order valence-electron chi connectivity index (χ3n) is 1.09. The van der Waals surface area contributed by atoms with Crippen molar-refractivity contribution in [3.63, 3.8) is 0 Å². The number of aliphatic hydroxyl groups is 1. The molecule has 0 saturated carbocycles. The number of unbranched alkanes of at least 4 members (excludes halogenated alkanes) is 1. The number of hydrogen-bond donors (Lipinski definition) is 5. The summed E-state index contributed by atoms with van der Waals surface area (Å²) in [5.41, 5.74) is 4.78. The van der Waals surface area contributed by atoms with E-state index in [0.717, 1.165) is 6.42 Å². The van der Waals surface area contributed by atoms with Gasteiger partial charge >= 0.3 is 15.6 Å². The standard InChI is InChI=1S/C4H12O7P2.C2H7NO/c1-2-3-4-10-13(8,9)11-12(5,6)7;3-1-2-4/h2-4H2,1H3,(H,8,9)(H2,5,6,7);4H,1-3H2. The molecule has 106 valence electrons. The third-order valence-corrected chi connectivity index (χ3v) is 3.28. The van der Waals surface area contributed by atoms with Crippen LogP contribution in [0.15, 0.2) is 0 Å². The Morgan fingerprint density at radius 1 is 1.24 bits per heavy atom. The molecular weight excluding hydrogens is 276 g/mol. The van der Waals surface area contributed by atoms with Gasteiger partial charge in [-0.15, -0.1) is 0 Å². The summed E-state index contributed by atoms with van der Waals surface area (Å²) in [5, 5.41) is 7.75. The van der Waals surface area contributed by atoms with Crippen molar-refractivity contribution in [2.24, 2.45) is 5.73 Å². The van der Waals surface area contributed by atoms with Crippen molar-refractivity contribution in [2.75, 3.05) is 19.8 Å². The zero-order chi connectivity index (χ0) is 13.9. The molecule has 0 aromatic rings. The van der Waals surface area contributed by atoms with E-state index in [4.69, 9.17) is 25.5 Å². The van der Waals surface area contributed by atoms with Gasteiger partial charge < -0.3 is 25.5 Å². The molecule has 0 aliphatic rings. The van der Waals surface area contributed by atoms with Crippen molar-refractivity contribution >= 4 is 15.6 Å². The molecule has 17 heavy (non-hydrogen) atoms. The number of phosphoric acid groups is 2. The van der Waals surface area contributed by atoms with Crippen LogP contribution < -0.4 is 5.73 Å². The molecule has 6 N–H and O–H groups in total. The fourth-order valence-corrected chi connectivity index (χ4v) is 2.11. The minimum atomic E-state index is -4.97. The Hall–Kier alpha value is 0.180. The normalized spacial score (nSPS) is 14.7. The zero-order valence-electron chi connectivity index (χ0n) is 9.43. The topological polar surface area (TPSA) is 160 Å². The quantitative estimate of drug-likeness (QED) is 0.320. The molecule has 0 saturated heterocycles. The summed E-state index contributed by atoms with van der Waals surface area (Å²) in [4.78, 5) is 25.1. The van der Waals surface area contributed by atoms with Gasteiger partial charge in [0.2, 0.25) is 0 Å². The first-order chi connectivity index (χ1) is 7.68. The van der Waals surface area contributed by atoms with Gasteiger partial charge in [0.05, 0.1) is 13.2 Å². The van der Waals surface area contributed by atoms with Gasteiger partial charge in [0.15, 0.2) is 0 Å². The molecule has 0 spiro atoms. The van der Waals surface area contributed by atoms with Crippen LogP contribution in [0.5, 0.6) is 0 Å². The van der Waals surface area contributed by atoms with Crippen LogP contribution in [0.2, 0.25) is 0 Å². The summed E-state index contributed by atoms with van der Waals surface area (Å²) < 4.78 is 28.6. The first-order valence-electron chi connectivity index (χ1n) is 4.73. The Balaban J connectivity index is 0. The fourth-order valence-electron chi connectivity index (χ4n) is 0.482. The number of aliphatic hydroxyl groups excluding tert-OH is 1. The van der Waals surface area contributed by atoms with E-state index in [-0.39, 0.29) is 13.2 Å². The summed E-state index contributed by atoms with van der Waals surface area (Å²) in [6.45, 7) is 2.22. The van der Waals surface area contributed by atoms with Crippen LogP contribution in [0.25, 0.3) is 0 Å². The van der Waals surface area contributed by atoms with E-state index in [1.54, 1.807) is 0 Å². The van der Waals surface area contributed by atoms with E-state index in [2.05, 4.69) is 8.83 Å². The molecule has 11 heteroatoms. The summed E-state index contributed by atoms with van der Waals surface area (Å²) in [6.07, 6.45) is 1.24. The minimum Gasteiger partial charge on any atom is -0.395 e. The highest BCUT2D eigenvalue weighted by Gasteiger charge is 2.31. The van der Waals surface area contributed by atoms with Crippen LogP contribution in [-0.2, 0) is 18.0 Å². The summed E-state index contributed by atoms with van der Waals surface area (Å²) in [6, 6.07) is 0. The molecule has 1 unspecified atom stereocenters. The van der Waals surface area contributed by atoms with E-state index >= 15 is 0 Å². The van der Waals surface area contributed by atoms with Gasteiger partial charge in [-0.2, -0.15) is 4.31 Å². The highest BCUT2D eigenvalue weighted by molar-refractivity contribution is 7.60. The monoisotopic (exact) mass is 295 g/mol. The van der Waals surface area contributed by atoms with Crippen molar-refractivity contribution in [2.45, 2.75) is 19.8 Å². The lowest BCUT2D eigenvalue weighted by molar-refractivity contribution is 0.176. The van der Waals surface area contributed by atoms with E-state index in [1.165, 1.54) is 0 Å². The van der Waals surface area contributed by atoms with Crippen molar-refractivity contribution in [3.8, 4) is 0 Å². The van der Waals surface area contributed by atoms with Crippen LogP contribution in [0, 0.1) is 0 Å². The average Bonchev–Trinajstić information content (AvgIpc) is 2.14. The Kier molecular flexibility index (Phi) is 11.6. The van der Waals surface area contributed by atoms with E-state index in [9.17, 15) is 9.13 Å². The van der Waals surface area contributed by atoms with E-state index < -0.39 is 15.6 Å². The predicted octanol–water partition coefficient (Wildman–Crippen LogP) is -0.0498. The molecule has 0 aliphatic carbocycles. The molecule has 0 aromatic carbocycles. The van der Waals surface area contributed by atoms with Gasteiger partial charge in [-0.1, -0.05) is 13.3 Å². The molecule has 0 radical (unpaired) electrons. The lowest BCUT2D eigenvalue weighted by Crippen LogP contribution is -2.02. The SMILES string of the molecule is CCCCOP(=O)(O)OP(=O)(O)O.NCCO. The molecule has 0 heterocycles. The first-order valence-corrected chi connectivity index (χ1v) is 7.76. The largest absolute Gasteiger partial charge is 0.481 e. The third kappa shape index (κ3) is 18.7. The number of nitrogens with two attached hydrogens (primary N) is 1. The lowest BCUT2D eigenvalue weighted by atomic mass is 10.4. The van der Waals surface area contributed by atoms with Crippen LogP contribution in [0.4, 0.5) is 0 Å². The van der Waals surface area contributed by atoms with Crippen LogP contribution in [-0.4, -0.2) is 39.5 Å². The van der Waals surface area contributed by atoms with Crippen molar-refractivity contribution in [1.29, 1.82) is 0 Å². The summed E-state index contributed by atoms with van der Waals surface area (Å²) >= 11 is 0. The van der Waals surface area contributed by atoms with Crippen LogP contribution in [0.3, 0.4) is 0 Å². The van der Waals surface area contributed by atoms with Crippen LogP contribution >= 0.6 is 15.6 Å². The van der Waals surface area contributed by atoms with Gasteiger partial charge in [-0.25, -0.2) is 9.13 Å². The zero-order valence-corrected chi connectivity index (χ0v) is 11.2. The molecule has 0 amide bonds. The highest BCUT2D eigenvalue weighted by atomic mass is 31.3. The van der Waals surface area contributed by atoms with Gasteiger partial charge in [-0.05, 0) is 6.42 Å². The van der Waals surface area contributed by atoms with Crippen molar-refractivity contribution < 1.29 is 37.8 Å². The van der Waals surface area contributed by atoms with E-state index in [0.29, 0.717) is 13.0 Å². The first kappa shape index (κ1) is 19.5. The maximum atomic E-state index is 10.7. The number of phosphoric ester groups is 1. The van der Waals surface area contributed by atoms with E-state index in [1.807, 2.05) is 6.92 Å². The Morgan fingerprint density at radius 2 is 1.71 bits per heavy atom. The molecule has 9 nitrogen and oxygen atoms in total. The van der Waals surface area contributed by atoms with Crippen LogP contribution in [0.1, 0.15) is 19.8 Å². The summed E-state index contributed by atoms with van der Waals surface area (Å²) in [5.74, 6) is 0. The van der Waals surface area contributed by atoms with Gasteiger partial charge in [-0.3, -0.25) is 4.52 Å². The molecule has 1 atom stereocenters. The molecule has 0 bridgehead atoms. The fraction of sp³-hybridized carbons (Fsp3) is 1.00. The minimum absolute atomic E-state index is 0.0791. The molecule has 0 aliphatic heterocycles. The highest BCUT2D eigenvalue weighted by Crippen LogP contribution is 2.57. The maximum absolute atomic E-state index is 10.7. The molecule has 0 fully saturated rings. The summed E-state index contributed by atoms with van der Waals surface area (Å²) in [7, 11) is -9.58. The molecule has 0 rings (SSSR count). The van der Waals surface area contributed by atoms with Gasteiger partial charge in [0.1, 0.15) is 0 Å². The van der Waals surface area contributed by atoms with Gasteiger partial charge in [0, 0.05) is 6.54 Å². The van der Waals surface area contributed by atoms with Crippen molar-refractivity contribution in [3.05, 3.63) is 0 Å². The average molecular weight is 295 g/mol.